The summed E-state index contributed by atoms with van der Waals surface area (Å²) >= 11 is 0. The molecule has 4 aliphatic rings. The number of esters is 1. The largest absolute Gasteiger partial charge is 0.482 e. The van der Waals surface area contributed by atoms with Gasteiger partial charge in [0.25, 0.3) is 5.69 Å². The fourth-order valence-corrected chi connectivity index (χ4v) is 6.21. The topological polar surface area (TPSA) is 102 Å². The van der Waals surface area contributed by atoms with E-state index in [0.717, 1.165) is 30.5 Å². The zero-order valence-electron chi connectivity index (χ0n) is 17.4. The van der Waals surface area contributed by atoms with Crippen molar-refractivity contribution < 1.29 is 24.3 Å². The number of nitro benzene ring substituents is 1. The number of nitrogens with zero attached hydrogens (tertiary/aromatic N) is 2. The summed E-state index contributed by atoms with van der Waals surface area (Å²) in [7, 11) is 2.14. The van der Waals surface area contributed by atoms with E-state index >= 15 is 0 Å². The molecular formula is C24H22N2O6. The Morgan fingerprint density at radius 1 is 1.31 bits per heavy atom. The first-order chi connectivity index (χ1) is 15.4. The average Bonchev–Trinajstić information content (AvgIpc) is 3.14. The molecule has 32 heavy (non-hydrogen) atoms. The first-order valence-electron chi connectivity index (χ1n) is 10.8. The Hall–Kier alpha value is -3.23. The molecule has 1 saturated heterocycles. The van der Waals surface area contributed by atoms with Gasteiger partial charge < -0.3 is 19.5 Å². The van der Waals surface area contributed by atoms with Crippen LogP contribution in [0.1, 0.15) is 27.9 Å². The number of ether oxygens (including phenoxy) is 2. The second kappa shape index (κ2) is 6.63. The lowest BCUT2D eigenvalue weighted by molar-refractivity contribution is -0.384. The van der Waals surface area contributed by atoms with Crippen LogP contribution < -0.4 is 9.47 Å². The van der Waals surface area contributed by atoms with Gasteiger partial charge in [-0.05, 0) is 44.1 Å². The summed E-state index contributed by atoms with van der Waals surface area (Å²) in [6.07, 6.45) is 4.49. The van der Waals surface area contributed by atoms with Gasteiger partial charge in [-0.2, -0.15) is 0 Å². The molecule has 164 valence electrons. The number of hydrogen-bond donors (Lipinski definition) is 1. The molecule has 2 heterocycles. The molecule has 8 heteroatoms. The van der Waals surface area contributed by atoms with E-state index in [2.05, 4.69) is 18.0 Å². The lowest BCUT2D eigenvalue weighted by Gasteiger charge is -2.56. The number of benzene rings is 2. The van der Waals surface area contributed by atoms with Gasteiger partial charge in [-0.25, -0.2) is 4.79 Å². The number of hydrogen-bond acceptors (Lipinski definition) is 7. The molecule has 2 bridgehead atoms. The molecule has 0 aromatic heterocycles. The van der Waals surface area contributed by atoms with Gasteiger partial charge in [0.05, 0.1) is 10.5 Å². The van der Waals surface area contributed by atoms with Gasteiger partial charge >= 0.3 is 5.97 Å². The maximum atomic E-state index is 12.8. The van der Waals surface area contributed by atoms with E-state index in [9.17, 15) is 20.0 Å². The molecule has 0 saturated carbocycles. The minimum Gasteiger partial charge on any atom is -0.482 e. The first kappa shape index (κ1) is 19.5. The SMILES string of the molecule is CN1CC[C@]23c4c5ccc(OC(=O)c6cccc([N+](=O)[O-])c6)c4O[C@H]2[C@@H](O)C=C[C@H]3[C@H]1C5. The number of nitro groups is 1. The second-order valence-electron chi connectivity index (χ2n) is 9.11. The maximum absolute atomic E-state index is 12.8. The number of non-ortho nitro benzene ring substituents is 1. The Balaban J connectivity index is 1.43. The number of carbonyl (C=O) groups excluding carboxylic acids is 1. The zero-order valence-corrected chi connectivity index (χ0v) is 17.4. The fraction of sp³-hybridized carbons (Fsp3) is 0.375. The third kappa shape index (κ3) is 2.47. The quantitative estimate of drug-likeness (QED) is 0.260. The Morgan fingerprint density at radius 2 is 2.16 bits per heavy atom. The molecular weight excluding hydrogens is 412 g/mol. The Kier molecular flexibility index (Phi) is 4.03. The normalized spacial score (nSPS) is 31.6. The van der Waals surface area contributed by atoms with Gasteiger partial charge in [-0.3, -0.25) is 10.1 Å². The first-order valence-corrected chi connectivity index (χ1v) is 10.8. The van der Waals surface area contributed by atoms with Crippen molar-refractivity contribution in [2.75, 3.05) is 13.6 Å². The van der Waals surface area contributed by atoms with E-state index in [1.54, 1.807) is 6.07 Å². The monoisotopic (exact) mass is 434 g/mol. The third-order valence-electron chi connectivity index (χ3n) is 7.63. The Bertz CT molecular complexity index is 1190. The molecule has 0 unspecified atom stereocenters. The van der Waals surface area contributed by atoms with Crippen LogP contribution in [-0.2, 0) is 11.8 Å². The van der Waals surface area contributed by atoms with Gasteiger partial charge in [0.15, 0.2) is 11.5 Å². The smallest absolute Gasteiger partial charge is 0.343 e. The van der Waals surface area contributed by atoms with E-state index in [-0.39, 0.29) is 28.3 Å². The lowest BCUT2D eigenvalue weighted by atomic mass is 9.53. The molecule has 8 nitrogen and oxygen atoms in total. The Morgan fingerprint density at radius 3 is 2.97 bits per heavy atom. The zero-order chi connectivity index (χ0) is 22.2. The van der Waals surface area contributed by atoms with Gasteiger partial charge in [-0.15, -0.1) is 0 Å². The van der Waals surface area contributed by atoms with E-state index in [1.165, 1.54) is 24.3 Å². The van der Waals surface area contributed by atoms with E-state index in [0.29, 0.717) is 11.8 Å². The van der Waals surface area contributed by atoms with E-state index in [4.69, 9.17) is 9.47 Å². The molecule has 2 aromatic carbocycles. The van der Waals surface area contributed by atoms with Crippen molar-refractivity contribution in [2.24, 2.45) is 5.92 Å². The highest BCUT2D eigenvalue weighted by atomic mass is 16.6. The van der Waals surface area contributed by atoms with Crippen LogP contribution in [0.5, 0.6) is 11.5 Å². The lowest BCUT2D eigenvalue weighted by Crippen LogP contribution is -2.64. The number of aliphatic hydroxyl groups is 1. The van der Waals surface area contributed by atoms with Crippen molar-refractivity contribution in [1.29, 1.82) is 0 Å². The van der Waals surface area contributed by atoms with Crippen LogP contribution in [0.3, 0.4) is 0 Å². The van der Waals surface area contributed by atoms with Crippen molar-refractivity contribution in [3.8, 4) is 11.5 Å². The fourth-order valence-electron chi connectivity index (χ4n) is 6.21. The van der Waals surface area contributed by atoms with Crippen LogP contribution >= 0.6 is 0 Å². The highest BCUT2D eigenvalue weighted by Gasteiger charge is 2.64. The van der Waals surface area contributed by atoms with Crippen molar-refractivity contribution in [3.63, 3.8) is 0 Å². The van der Waals surface area contributed by atoms with Gasteiger partial charge in [0.2, 0.25) is 0 Å². The van der Waals surface area contributed by atoms with Crippen LogP contribution in [0.15, 0.2) is 48.6 Å². The predicted octanol–water partition coefficient (Wildman–Crippen LogP) is 2.62. The summed E-state index contributed by atoms with van der Waals surface area (Å²) < 4.78 is 12.0. The van der Waals surface area contributed by atoms with Crippen LogP contribution in [0.25, 0.3) is 0 Å². The predicted molar refractivity (Wildman–Crippen MR) is 114 cm³/mol. The third-order valence-corrected chi connectivity index (χ3v) is 7.63. The van der Waals surface area contributed by atoms with Gasteiger partial charge in [-0.1, -0.05) is 24.3 Å². The number of aliphatic hydroxyl groups excluding tert-OH is 1. The molecule has 1 spiro atoms. The molecule has 1 N–H and O–H groups in total. The molecule has 6 rings (SSSR count). The second-order valence-corrected chi connectivity index (χ2v) is 9.11. The summed E-state index contributed by atoms with van der Waals surface area (Å²) in [6.45, 7) is 0.901. The van der Waals surface area contributed by atoms with Crippen LogP contribution in [0, 0.1) is 16.0 Å². The van der Waals surface area contributed by atoms with Crippen molar-refractivity contribution in [3.05, 3.63) is 75.4 Å². The summed E-state index contributed by atoms with van der Waals surface area (Å²) in [5, 5.41) is 21.9. The van der Waals surface area contributed by atoms with Crippen LogP contribution in [0.4, 0.5) is 5.69 Å². The number of piperidine rings is 1. The van der Waals surface area contributed by atoms with Gasteiger partial charge in [0.1, 0.15) is 12.2 Å². The summed E-state index contributed by atoms with van der Waals surface area (Å²) in [4.78, 5) is 25.7. The van der Waals surface area contributed by atoms with E-state index in [1.807, 2.05) is 12.1 Å². The highest BCUT2D eigenvalue weighted by molar-refractivity contribution is 5.92. The summed E-state index contributed by atoms with van der Waals surface area (Å²) in [5.74, 6) is 0.327. The molecule has 5 atom stereocenters. The maximum Gasteiger partial charge on any atom is 0.343 e. The number of carbonyl (C=O) groups is 1. The minimum absolute atomic E-state index is 0.0941. The van der Waals surface area contributed by atoms with Crippen LogP contribution in [-0.4, -0.2) is 52.7 Å². The standard InChI is InChI=1S/C24H22N2O6/c1-25-10-9-24-16-6-7-18(27)22(24)32-21-19(8-5-13(20(21)24)12-17(16)25)31-23(28)14-3-2-4-15(11-14)26(29)30/h2-8,11,16-18,22,27H,9-10,12H2,1H3/t16-,17+,18-,22-,24-/m0/s1. The number of likely N-dealkylation sites (tertiary alicyclic amines) is 1. The van der Waals surface area contributed by atoms with Crippen molar-refractivity contribution in [2.45, 2.75) is 36.5 Å². The molecule has 0 amide bonds. The van der Waals surface area contributed by atoms with Gasteiger partial charge in [0, 0.05) is 35.1 Å². The molecule has 2 aliphatic carbocycles. The van der Waals surface area contributed by atoms with Crippen LogP contribution in [0.2, 0.25) is 0 Å². The number of likely N-dealkylation sites (N-methyl/N-ethyl adjacent to an activating group) is 1. The molecule has 0 radical (unpaired) electrons. The Labute approximate surface area is 184 Å². The average molecular weight is 434 g/mol. The summed E-state index contributed by atoms with van der Waals surface area (Å²) in [6, 6.07) is 9.50. The van der Waals surface area contributed by atoms with E-state index < -0.39 is 23.1 Å². The highest BCUT2D eigenvalue weighted by Crippen LogP contribution is 2.62. The summed E-state index contributed by atoms with van der Waals surface area (Å²) in [5.41, 5.74) is 1.78. The molecule has 1 fully saturated rings. The number of rotatable bonds is 3. The minimum atomic E-state index is -0.742. The van der Waals surface area contributed by atoms with Crippen molar-refractivity contribution in [1.82, 2.24) is 4.90 Å². The van der Waals surface area contributed by atoms with Crippen molar-refractivity contribution >= 4 is 11.7 Å². The molecule has 2 aliphatic heterocycles. The molecule has 2 aromatic rings.